The van der Waals surface area contributed by atoms with Gasteiger partial charge in [0.15, 0.2) is 27.4 Å². The molecule has 4 amide bonds. The fourth-order valence-electron chi connectivity index (χ4n) is 8.93. The Kier molecular flexibility index (Phi) is 32.9. The molecular formula is C61H65Cl2F3IN14NaO23S4. The maximum Gasteiger partial charge on any atom is 1.00 e. The Bertz CT molecular complexity index is 5200. The third-order valence-corrected chi connectivity index (χ3v) is 19.4. The summed E-state index contributed by atoms with van der Waals surface area (Å²) in [4.78, 5) is 115. The van der Waals surface area contributed by atoms with Crippen LogP contribution in [0.1, 0.15) is 86.5 Å². The van der Waals surface area contributed by atoms with Gasteiger partial charge in [-0.25, -0.2) is 77.1 Å². The quantitative estimate of drug-likeness (QED) is 0.0211. The molecule has 7 aromatic rings. The molecular weight excluding hydrogens is 1700 g/mol. The molecule has 1 aliphatic rings. The minimum Gasteiger partial charge on any atom is -0.481 e. The number of aryl methyl sites for hydroxylation is 3. The Hall–Kier alpha value is -9.20. The van der Waals surface area contributed by atoms with E-state index in [1.165, 1.54) is 77.6 Å². The number of hydrazone groups is 1. The van der Waals surface area contributed by atoms with Crippen molar-refractivity contribution in [1.29, 1.82) is 0 Å². The van der Waals surface area contributed by atoms with Gasteiger partial charge in [-0.2, -0.15) is 38.2 Å². The molecule has 1 aliphatic heterocycles. The van der Waals surface area contributed by atoms with E-state index in [0.717, 1.165) is 43.4 Å². The first-order valence-corrected chi connectivity index (χ1v) is 38.5. The van der Waals surface area contributed by atoms with Crippen molar-refractivity contribution in [3.05, 3.63) is 152 Å². The van der Waals surface area contributed by atoms with Gasteiger partial charge in [0.25, 0.3) is 15.6 Å². The minimum absolute atomic E-state index is 0. The van der Waals surface area contributed by atoms with E-state index in [0.29, 0.717) is 37.7 Å². The number of ether oxygens (including phenoxy) is 7. The second-order valence-electron chi connectivity index (χ2n) is 21.7. The standard InChI is InChI=1S/C17H21N5O9S2.C16H18Cl2N2O4.C14H13F3N2O4S.C14H14IN5O6S.Na/c1-29-13-8-14(30-2)20-16(19-13)21-17(24)22-33(27,28)12-7-10(9-18-32(4,25)26)5-6-11(12)15(23)31-3;1-4-23-14(21)12-9-16(3,15(22)24-5-2)20(19-12)13-7-6-10(17)8-11(13)18;1-7-11(13(21)19(2)18-7)12(20)9-5-4-8(14(15,16)17)6-10(9)24(3,22)23;1-7-16-12(19-14(17-7)26-3)18-13(22)20-27(23,24)10-6-8(15)4-5-9(10)11(21)25-2;/h5-8,18H,9H2,1-4H3,(H2,19,20,21,22,24);6-8H,4-5,9H2,1-3H3;4-6,18H,1-3H3;4-6H,1-3H3,(H2,16,17,18,19,20,22);/q;;;;+1/p-1. The topological polar surface area (TPSA) is 501 Å². The molecule has 0 radical (unpaired) electrons. The number of esters is 4. The summed E-state index contributed by atoms with van der Waals surface area (Å²) in [6.45, 7) is 8.19. The number of alkyl halides is 3. The van der Waals surface area contributed by atoms with Crippen molar-refractivity contribution < 1.29 is 143 Å². The summed E-state index contributed by atoms with van der Waals surface area (Å²) in [5, 5.41) is 13.2. The van der Waals surface area contributed by atoms with Crippen LogP contribution in [-0.2, 0) is 88.2 Å². The van der Waals surface area contributed by atoms with E-state index >= 15 is 0 Å². The fourth-order valence-corrected chi connectivity index (χ4v) is 13.7. The van der Waals surface area contributed by atoms with Crippen molar-refractivity contribution in [1.82, 2.24) is 44.1 Å². The van der Waals surface area contributed by atoms with Crippen molar-refractivity contribution in [2.24, 2.45) is 12.1 Å². The molecule has 48 heteroatoms. The first-order valence-electron chi connectivity index (χ1n) is 30.0. The number of H-pyrrole nitrogens is 1. The molecule has 109 heavy (non-hydrogen) atoms. The first kappa shape index (κ1) is 92.2. The van der Waals surface area contributed by atoms with Gasteiger partial charge >= 0.3 is 71.7 Å². The summed E-state index contributed by atoms with van der Waals surface area (Å²) < 4.78 is 178. The Morgan fingerprint density at radius 1 is 0.697 bits per heavy atom. The average molecular weight is 1770 g/mol. The zero-order valence-electron chi connectivity index (χ0n) is 59.6. The third-order valence-electron chi connectivity index (χ3n) is 13.8. The maximum atomic E-state index is 12.9. The van der Waals surface area contributed by atoms with Gasteiger partial charge in [-0.3, -0.25) is 29.5 Å². The Labute approximate surface area is 665 Å². The number of nitrogens with zero attached hydrogens (tertiary/aromatic N) is 9. The monoisotopic (exact) mass is 1770 g/mol. The zero-order chi connectivity index (χ0) is 81.4. The SMILES string of the molecule is CCOC(=O)C1=NN(c2ccc(Cl)cc2Cl)C(C)(C(=O)OCC)C1.COC(=O)c1ccc(CNS(C)(=O)=O)cc1S(=O)(=O)NC(=O)Nc1nc(OC)cc(OC)n1.COC(=O)c1ccc(I)cc1S(=O)(=O)[N-]C(=O)Nc1nc(C)nc(OC)n1.Cc1[nH]n(C)c(=O)c1C(=O)c1ccc(C(F)(F)F)cc1S(C)(=O)=O.[Na+]. The average Bonchev–Trinajstić information content (AvgIpc) is 1.65. The van der Waals surface area contributed by atoms with E-state index in [-0.39, 0.29) is 125 Å². The Balaban J connectivity index is 0.000000308. The van der Waals surface area contributed by atoms with Crippen molar-refractivity contribution >= 4 is 151 Å². The number of benzene rings is 4. The molecule has 0 spiro atoms. The molecule has 584 valence electrons. The van der Waals surface area contributed by atoms with Gasteiger partial charge in [0.1, 0.15) is 22.0 Å². The number of urea groups is 2. The van der Waals surface area contributed by atoms with Crippen LogP contribution in [0.15, 0.2) is 103 Å². The van der Waals surface area contributed by atoms with Crippen LogP contribution in [0.3, 0.4) is 0 Å². The number of hydrogen-bond acceptors (Lipinski definition) is 30. The van der Waals surface area contributed by atoms with Gasteiger partial charge < -0.3 is 43.2 Å². The van der Waals surface area contributed by atoms with Crippen LogP contribution in [0.25, 0.3) is 4.72 Å². The molecule has 0 saturated heterocycles. The van der Waals surface area contributed by atoms with Crippen LogP contribution in [0, 0.1) is 17.4 Å². The van der Waals surface area contributed by atoms with Crippen LogP contribution >= 0.6 is 45.8 Å². The summed E-state index contributed by atoms with van der Waals surface area (Å²) in [6, 6.07) is 12.8. The van der Waals surface area contributed by atoms with Crippen molar-refractivity contribution in [3.8, 4) is 17.8 Å². The van der Waals surface area contributed by atoms with Crippen molar-refractivity contribution in [3.63, 3.8) is 0 Å². The molecule has 0 fully saturated rings. The molecule has 4 heterocycles. The third kappa shape index (κ3) is 25.2. The van der Waals surface area contributed by atoms with Gasteiger partial charge in [0.05, 0.1) is 98.3 Å². The minimum atomic E-state index is -4.76. The number of anilines is 3. The van der Waals surface area contributed by atoms with Crippen LogP contribution in [0.2, 0.25) is 10.0 Å². The number of nitrogens with one attached hydrogen (secondary N) is 5. The van der Waals surface area contributed by atoms with E-state index in [1.807, 2.05) is 22.6 Å². The largest absolute Gasteiger partial charge is 1.00 e. The predicted molar refractivity (Wildman–Crippen MR) is 387 cm³/mol. The van der Waals surface area contributed by atoms with E-state index in [9.17, 15) is 85.2 Å². The van der Waals surface area contributed by atoms with Gasteiger partial charge in [-0.1, -0.05) is 29.3 Å². The molecule has 1 atom stereocenters. The van der Waals surface area contributed by atoms with Gasteiger partial charge in [-0.15, -0.1) is 0 Å². The van der Waals surface area contributed by atoms with E-state index < -0.39 is 125 Å². The van der Waals surface area contributed by atoms with E-state index in [2.05, 4.69) is 64.7 Å². The summed E-state index contributed by atoms with van der Waals surface area (Å²) in [5.74, 6) is -4.12. The van der Waals surface area contributed by atoms with Crippen LogP contribution in [-0.4, -0.2) is 183 Å². The number of ketones is 1. The molecule has 0 saturated carbocycles. The Morgan fingerprint density at radius 3 is 1.80 bits per heavy atom. The number of methoxy groups -OCH3 is 5. The van der Waals surface area contributed by atoms with Crippen LogP contribution in [0.4, 0.5) is 40.3 Å². The van der Waals surface area contributed by atoms with E-state index in [4.69, 9.17) is 46.9 Å². The molecule has 8 rings (SSSR count). The smallest absolute Gasteiger partial charge is 0.481 e. The van der Waals surface area contributed by atoms with E-state index in [1.54, 1.807) is 43.7 Å². The first-order chi connectivity index (χ1) is 50.2. The molecule has 37 nitrogen and oxygen atoms in total. The Morgan fingerprint density at radius 2 is 1.28 bits per heavy atom. The predicted octanol–water partition coefficient (Wildman–Crippen LogP) is 3.84. The van der Waals surface area contributed by atoms with Gasteiger partial charge in [0, 0.05) is 46.1 Å². The molecule has 0 aliphatic carbocycles. The number of aromatic nitrogens is 7. The molecule has 3 aromatic heterocycles. The number of hydrogen-bond donors (Lipinski definition) is 5. The number of carbonyl (C=O) groups excluding carboxylic acids is 7. The van der Waals surface area contributed by atoms with Crippen molar-refractivity contribution in [2.45, 2.75) is 74.0 Å². The van der Waals surface area contributed by atoms with Gasteiger partial charge in [0.2, 0.25) is 43.5 Å². The number of halogens is 6. The summed E-state index contributed by atoms with van der Waals surface area (Å²) >= 11 is 14.0. The molecule has 5 N–H and O–H groups in total. The number of carbonyl (C=O) groups is 7. The second kappa shape index (κ2) is 38.9. The van der Waals surface area contributed by atoms with Crippen molar-refractivity contribution in [2.75, 3.05) is 76.9 Å². The number of sulfonamides is 3. The zero-order valence-corrected chi connectivity index (χ0v) is 68.6. The number of amides is 4. The number of aromatic amines is 1. The van der Waals surface area contributed by atoms with Crippen LogP contribution < -0.4 is 74.4 Å². The summed E-state index contributed by atoms with van der Waals surface area (Å²) in [5.41, 5.74) is -3.53. The molecule has 0 bridgehead atoms. The second-order valence-corrected chi connectivity index (χ2v) is 30.8. The van der Waals surface area contributed by atoms with Crippen LogP contribution in [0.5, 0.6) is 17.8 Å². The molecule has 4 aromatic carbocycles. The number of sulfone groups is 1. The summed E-state index contributed by atoms with van der Waals surface area (Å²) in [6.07, 6.45) is -3.08. The number of rotatable bonds is 22. The fraction of sp³-hybridized carbons (Fsp3) is 0.311. The normalized spacial score (nSPS) is 13.2. The van der Waals surface area contributed by atoms with Gasteiger partial charge in [-0.05, 0) is 130 Å². The maximum absolute atomic E-state index is 12.9. The molecule has 1 unspecified atom stereocenters. The summed E-state index contributed by atoms with van der Waals surface area (Å²) in [7, 11) is -9.38.